The van der Waals surface area contributed by atoms with E-state index in [1.165, 1.54) is 11.9 Å². The van der Waals surface area contributed by atoms with E-state index in [4.69, 9.17) is 0 Å². The molecule has 0 saturated carbocycles. The molecule has 1 amide bonds. The molecule has 0 aliphatic carbocycles. The summed E-state index contributed by atoms with van der Waals surface area (Å²) in [6.07, 6.45) is 0.461. The van der Waals surface area contributed by atoms with E-state index in [2.05, 4.69) is 25.6 Å². The second-order valence-electron chi connectivity index (χ2n) is 8.72. The summed E-state index contributed by atoms with van der Waals surface area (Å²) >= 11 is 1.43. The lowest BCUT2D eigenvalue weighted by atomic mass is 10.1. The lowest BCUT2D eigenvalue weighted by molar-refractivity contribution is -0.137. The molecular formula is C25H28F3N7O2S. The molecule has 3 aromatic rings. The highest BCUT2D eigenvalue weighted by Gasteiger charge is 2.35. The highest BCUT2D eigenvalue weighted by molar-refractivity contribution is 7.99. The Balaban J connectivity index is 1.50. The molecule has 1 saturated heterocycles. The molecule has 3 N–H and O–H groups in total. The van der Waals surface area contributed by atoms with Gasteiger partial charge in [-0.1, -0.05) is 18.0 Å². The van der Waals surface area contributed by atoms with Crippen molar-refractivity contribution in [2.75, 3.05) is 41.3 Å². The largest absolute Gasteiger partial charge is 0.421 e. The van der Waals surface area contributed by atoms with Crippen molar-refractivity contribution >= 4 is 41.1 Å². The highest BCUT2D eigenvalue weighted by Crippen LogP contribution is 2.34. The van der Waals surface area contributed by atoms with Crippen LogP contribution in [0.3, 0.4) is 0 Å². The maximum absolute atomic E-state index is 13.7. The van der Waals surface area contributed by atoms with Crippen LogP contribution in [0.4, 0.5) is 36.4 Å². The number of β-amino-alcohol motifs (C(OH)–C–C–N with tert-alkyl or cyclic N) is 1. The molecular weight excluding hydrogens is 519 g/mol. The molecule has 0 radical (unpaired) electrons. The van der Waals surface area contributed by atoms with Crippen LogP contribution in [-0.2, 0) is 12.7 Å². The van der Waals surface area contributed by atoms with Crippen molar-refractivity contribution in [3.8, 4) is 0 Å². The molecule has 202 valence electrons. The van der Waals surface area contributed by atoms with Gasteiger partial charge in [0.2, 0.25) is 5.95 Å². The zero-order chi connectivity index (χ0) is 27.3. The summed E-state index contributed by atoms with van der Waals surface area (Å²) in [5.74, 6) is 0.0371. The van der Waals surface area contributed by atoms with Crippen LogP contribution in [0.2, 0.25) is 0 Å². The number of amides is 1. The lowest BCUT2D eigenvalue weighted by Crippen LogP contribution is -2.42. The van der Waals surface area contributed by atoms with Gasteiger partial charge in [0.15, 0.2) is 0 Å². The molecule has 38 heavy (non-hydrogen) atoms. The van der Waals surface area contributed by atoms with Gasteiger partial charge in [-0.25, -0.2) is 9.97 Å². The summed E-state index contributed by atoms with van der Waals surface area (Å²) in [5, 5.41) is 15.5. The first kappa shape index (κ1) is 27.5. The summed E-state index contributed by atoms with van der Waals surface area (Å²) in [7, 11) is 1.82. The Labute approximate surface area is 222 Å². The predicted octanol–water partition coefficient (Wildman–Crippen LogP) is 4.56. The van der Waals surface area contributed by atoms with E-state index >= 15 is 0 Å². The van der Waals surface area contributed by atoms with Crippen LogP contribution in [0.25, 0.3) is 0 Å². The van der Waals surface area contributed by atoms with Gasteiger partial charge in [0.25, 0.3) is 5.91 Å². The van der Waals surface area contributed by atoms with E-state index in [-0.39, 0.29) is 24.2 Å². The number of carbonyl (C=O) groups excluding carboxylic acids is 1. The number of anilines is 4. The minimum atomic E-state index is -4.65. The fourth-order valence-corrected chi connectivity index (χ4v) is 4.39. The number of nitrogens with one attached hydrogen (secondary N) is 2. The summed E-state index contributed by atoms with van der Waals surface area (Å²) in [5.41, 5.74) is 0.661. The number of rotatable bonds is 8. The number of likely N-dealkylation sites (tertiary alicyclic amines) is 1. The smallest absolute Gasteiger partial charge is 0.391 e. The van der Waals surface area contributed by atoms with Crippen molar-refractivity contribution in [2.45, 2.75) is 31.7 Å². The fourth-order valence-electron chi connectivity index (χ4n) is 4.05. The Morgan fingerprint density at radius 1 is 1.24 bits per heavy atom. The van der Waals surface area contributed by atoms with E-state index in [1.54, 1.807) is 47.5 Å². The molecule has 9 nitrogen and oxygen atoms in total. The van der Waals surface area contributed by atoms with E-state index in [1.807, 2.05) is 17.6 Å². The van der Waals surface area contributed by atoms with Crippen molar-refractivity contribution in [3.63, 3.8) is 0 Å². The first-order valence-corrected chi connectivity index (χ1v) is 13.1. The molecule has 1 fully saturated rings. The Morgan fingerprint density at radius 3 is 2.68 bits per heavy atom. The molecule has 0 bridgehead atoms. The van der Waals surface area contributed by atoms with Gasteiger partial charge in [-0.2, -0.15) is 18.2 Å². The number of aliphatic hydroxyl groups is 1. The average molecular weight is 548 g/mol. The normalized spacial score (nSPS) is 15.7. The number of carbonyl (C=O) groups is 1. The van der Waals surface area contributed by atoms with Crippen molar-refractivity contribution in [2.24, 2.45) is 0 Å². The first-order valence-electron chi connectivity index (χ1n) is 11.9. The number of benzene rings is 1. The van der Waals surface area contributed by atoms with Crippen LogP contribution in [0.1, 0.15) is 34.3 Å². The van der Waals surface area contributed by atoms with Gasteiger partial charge in [0.1, 0.15) is 17.2 Å². The number of piperidine rings is 1. The van der Waals surface area contributed by atoms with Crippen molar-refractivity contribution in [3.05, 3.63) is 65.5 Å². The van der Waals surface area contributed by atoms with E-state index in [9.17, 15) is 23.1 Å². The number of alkyl halides is 3. The maximum Gasteiger partial charge on any atom is 0.421 e. The summed E-state index contributed by atoms with van der Waals surface area (Å²) < 4.78 is 42.8. The lowest BCUT2D eigenvalue weighted by Gasteiger charge is -2.30. The highest BCUT2D eigenvalue weighted by atomic mass is 32.2. The van der Waals surface area contributed by atoms with Gasteiger partial charge in [0.05, 0.1) is 6.10 Å². The molecule has 1 unspecified atom stereocenters. The van der Waals surface area contributed by atoms with Crippen molar-refractivity contribution < 1.29 is 23.1 Å². The minimum Gasteiger partial charge on any atom is -0.391 e. The average Bonchev–Trinajstić information content (AvgIpc) is 2.91. The maximum atomic E-state index is 13.7. The Bertz CT molecular complexity index is 1260. The number of aromatic nitrogens is 3. The SMILES string of the molecule is CSN(C)c1ncccc1CNc1nc(Nc2ccc(C(=O)N3CCCC(O)C3)cc2)ncc1C(F)(F)F. The van der Waals surface area contributed by atoms with Crippen molar-refractivity contribution in [1.82, 2.24) is 19.9 Å². The van der Waals surface area contributed by atoms with Crippen LogP contribution in [0, 0.1) is 0 Å². The molecule has 1 aliphatic heterocycles. The van der Waals surface area contributed by atoms with E-state index in [0.29, 0.717) is 42.1 Å². The van der Waals surface area contributed by atoms with Gasteiger partial charge in [0, 0.05) is 62.1 Å². The van der Waals surface area contributed by atoms with Crippen LogP contribution >= 0.6 is 11.9 Å². The minimum absolute atomic E-state index is 0.0358. The Morgan fingerprint density at radius 2 is 2.00 bits per heavy atom. The number of halogens is 3. The number of nitrogens with zero attached hydrogens (tertiary/aromatic N) is 5. The number of hydrogen-bond acceptors (Lipinski definition) is 9. The Hall–Kier alpha value is -3.58. The Kier molecular flexibility index (Phi) is 8.57. The molecule has 3 heterocycles. The predicted molar refractivity (Wildman–Crippen MR) is 141 cm³/mol. The molecule has 1 atom stereocenters. The summed E-state index contributed by atoms with van der Waals surface area (Å²) in [4.78, 5) is 26.6. The number of aliphatic hydroxyl groups excluding tert-OH is 1. The van der Waals surface area contributed by atoms with Crippen LogP contribution < -0.4 is 14.9 Å². The zero-order valence-corrected chi connectivity index (χ0v) is 21.7. The monoisotopic (exact) mass is 547 g/mol. The second kappa shape index (κ2) is 11.9. The third kappa shape index (κ3) is 6.64. The van der Waals surface area contributed by atoms with Gasteiger partial charge in [-0.15, -0.1) is 0 Å². The van der Waals surface area contributed by atoms with Gasteiger partial charge >= 0.3 is 6.18 Å². The number of pyridine rings is 1. The topological polar surface area (TPSA) is 107 Å². The number of hydrogen-bond donors (Lipinski definition) is 3. The van der Waals surface area contributed by atoms with Crippen LogP contribution in [-0.4, -0.2) is 63.4 Å². The summed E-state index contributed by atoms with van der Waals surface area (Å²) in [6.45, 7) is 0.941. The van der Waals surface area contributed by atoms with E-state index in [0.717, 1.165) is 12.6 Å². The molecule has 4 rings (SSSR count). The fraction of sp³-hybridized carbons (Fsp3) is 0.360. The zero-order valence-electron chi connectivity index (χ0n) is 20.9. The van der Waals surface area contributed by atoms with E-state index < -0.39 is 17.8 Å². The molecule has 13 heteroatoms. The second-order valence-corrected chi connectivity index (χ2v) is 9.64. The molecule has 0 spiro atoms. The van der Waals surface area contributed by atoms with Crippen molar-refractivity contribution in [1.29, 1.82) is 0 Å². The molecule has 2 aromatic heterocycles. The molecule has 1 aliphatic rings. The standard InChI is InChI=1S/C25H28F3N7O2S/c1-34(38-2)22-17(5-3-11-29-22)13-30-21-20(25(26,27)28)14-31-24(33-21)32-18-9-7-16(8-10-18)23(37)35-12-4-6-19(36)15-35/h3,5,7-11,14,19,36H,4,6,12-13,15H2,1-2H3,(H2,30,31,32,33). The summed E-state index contributed by atoms with van der Waals surface area (Å²) in [6, 6.07) is 9.98. The van der Waals surface area contributed by atoms with Crippen LogP contribution in [0.15, 0.2) is 48.8 Å². The molecule has 1 aromatic carbocycles. The first-order chi connectivity index (χ1) is 18.2. The van der Waals surface area contributed by atoms with Gasteiger partial charge in [-0.3, -0.25) is 4.79 Å². The van der Waals surface area contributed by atoms with Crippen LogP contribution in [0.5, 0.6) is 0 Å². The quantitative estimate of drug-likeness (QED) is 0.350. The third-order valence-corrected chi connectivity index (χ3v) is 6.77. The van der Waals surface area contributed by atoms with Gasteiger partial charge < -0.3 is 24.9 Å². The van der Waals surface area contributed by atoms with Gasteiger partial charge in [-0.05, 0) is 43.2 Å². The third-order valence-electron chi connectivity index (χ3n) is 6.05.